The molecule has 0 aliphatic rings. The molecular weight excluding hydrogens is 108 g/mol. The molecule has 0 aliphatic carbocycles. The van der Waals surface area contributed by atoms with Crippen LogP contribution in [0.2, 0.25) is 0 Å². The lowest BCUT2D eigenvalue weighted by molar-refractivity contribution is 1.22. The predicted octanol–water partition coefficient (Wildman–Crippen LogP) is 3.08. The lowest BCUT2D eigenvalue weighted by atomic mass is 10.4. The van der Waals surface area contributed by atoms with Crippen molar-refractivity contribution < 1.29 is 0 Å². The van der Waals surface area contributed by atoms with E-state index in [1.165, 1.54) is 0 Å². The van der Waals surface area contributed by atoms with Crippen molar-refractivity contribution in [1.82, 2.24) is 0 Å². The molecule has 50 valence electrons. The Morgan fingerprint density at radius 1 is 1.00 bits per heavy atom. The first-order valence-corrected chi connectivity index (χ1v) is 3.36. The maximum absolute atomic E-state index is 2.12. The smallest absolute Gasteiger partial charge is 0.0376 e. The van der Waals surface area contributed by atoms with Gasteiger partial charge in [0.1, 0.15) is 0 Å². The normalized spacial score (nSPS) is 12.7. The van der Waals surface area contributed by atoms with E-state index in [1.54, 1.807) is 0 Å². The second kappa shape index (κ2) is 7.22. The first-order valence-electron chi connectivity index (χ1n) is 3.36. The summed E-state index contributed by atoms with van der Waals surface area (Å²) >= 11 is 0. The highest BCUT2D eigenvalue weighted by atomic mass is 13.7. The Morgan fingerprint density at radius 3 is 2.22 bits per heavy atom. The fraction of sp³-hybridized carbons (Fsp3) is 0.333. The Morgan fingerprint density at radius 2 is 1.67 bits per heavy atom. The van der Waals surface area contributed by atoms with Crippen LogP contribution in [0.15, 0.2) is 36.5 Å². The minimum atomic E-state index is 1.11. The van der Waals surface area contributed by atoms with Crippen molar-refractivity contribution in [3.63, 3.8) is 0 Å². The summed E-state index contributed by atoms with van der Waals surface area (Å²) in [6.07, 6.45) is 13.4. The third-order valence-corrected chi connectivity index (χ3v) is 0.898. The van der Waals surface area contributed by atoms with Gasteiger partial charge in [-0.25, -0.2) is 0 Å². The van der Waals surface area contributed by atoms with Crippen LogP contribution in [-0.2, 0) is 0 Å². The van der Waals surface area contributed by atoms with Crippen LogP contribution in [-0.4, -0.2) is 0 Å². The fourth-order valence-corrected chi connectivity index (χ4v) is 0.454. The molecule has 0 spiro atoms. The first-order chi connectivity index (χ1) is 4.41. The van der Waals surface area contributed by atoms with E-state index in [9.17, 15) is 0 Å². The molecule has 0 bridgehead atoms. The third kappa shape index (κ3) is 7.22. The molecule has 0 heterocycles. The Balaban J connectivity index is 3.35. The van der Waals surface area contributed by atoms with E-state index in [2.05, 4.69) is 19.1 Å². The lowest BCUT2D eigenvalue weighted by Crippen LogP contribution is -1.51. The molecule has 0 nitrogen and oxygen atoms in total. The molecule has 0 aromatic rings. The molecule has 0 unspecified atom stereocenters. The van der Waals surface area contributed by atoms with E-state index < -0.39 is 0 Å². The average Bonchev–Trinajstić information content (AvgIpc) is 1.89. The quantitative estimate of drug-likeness (QED) is 0.504. The van der Waals surface area contributed by atoms with Crippen LogP contribution in [0.25, 0.3) is 0 Å². The van der Waals surface area contributed by atoms with Gasteiger partial charge in [0.15, 0.2) is 0 Å². The van der Waals surface area contributed by atoms with E-state index in [4.69, 9.17) is 0 Å². The van der Waals surface area contributed by atoms with Gasteiger partial charge in [-0.15, -0.1) is 0 Å². The van der Waals surface area contributed by atoms with E-state index in [1.807, 2.05) is 31.2 Å². The monoisotopic (exact) mass is 122 g/mol. The highest BCUT2D eigenvalue weighted by Crippen LogP contribution is 1.82. The van der Waals surface area contributed by atoms with Crippen molar-refractivity contribution >= 4 is 0 Å². The summed E-state index contributed by atoms with van der Waals surface area (Å²) in [5.74, 6) is 0. The van der Waals surface area contributed by atoms with Crippen LogP contribution < -0.4 is 0 Å². The molecule has 0 amide bonds. The van der Waals surface area contributed by atoms with Gasteiger partial charge in [-0.2, -0.15) is 0 Å². The zero-order chi connectivity index (χ0) is 6.95. The van der Waals surface area contributed by atoms with Gasteiger partial charge in [0, 0.05) is 0 Å². The van der Waals surface area contributed by atoms with Crippen molar-refractivity contribution in [3.05, 3.63) is 36.5 Å². The van der Waals surface area contributed by atoms with Gasteiger partial charge >= 0.3 is 0 Å². The predicted molar refractivity (Wildman–Crippen MR) is 43.4 cm³/mol. The summed E-state index contributed by atoms with van der Waals surface area (Å²) in [5, 5.41) is 0. The van der Waals surface area contributed by atoms with Crippen LogP contribution in [0.1, 0.15) is 20.3 Å². The molecule has 0 heteroatoms. The van der Waals surface area contributed by atoms with Gasteiger partial charge in [0.05, 0.1) is 0 Å². The van der Waals surface area contributed by atoms with E-state index in [-0.39, 0.29) is 0 Å². The fourth-order valence-electron chi connectivity index (χ4n) is 0.454. The van der Waals surface area contributed by atoms with Crippen LogP contribution in [0.4, 0.5) is 0 Å². The molecule has 0 saturated carbocycles. The topological polar surface area (TPSA) is 0 Å². The Bertz CT molecular complexity index is 116. The number of allylic oxidation sites excluding steroid dienone is 6. The Kier molecular flexibility index (Phi) is 6.59. The molecule has 0 fully saturated rings. The zero-order valence-corrected chi connectivity index (χ0v) is 6.17. The standard InChI is InChI=1S/C9H14/c1-3-5-7-9-8-6-4-2/h3,5-9H,4H2,1-2H3/b5-3-,8-6-,9-7+. The summed E-state index contributed by atoms with van der Waals surface area (Å²) in [5.41, 5.74) is 0. The van der Waals surface area contributed by atoms with Crippen LogP contribution >= 0.6 is 0 Å². The average molecular weight is 122 g/mol. The number of hydrogen-bond donors (Lipinski definition) is 0. The molecule has 0 atom stereocenters. The van der Waals surface area contributed by atoms with Crippen LogP contribution in [0.5, 0.6) is 0 Å². The third-order valence-electron chi connectivity index (χ3n) is 0.898. The molecule has 9 heavy (non-hydrogen) atoms. The van der Waals surface area contributed by atoms with Gasteiger partial charge < -0.3 is 0 Å². The van der Waals surface area contributed by atoms with Crippen molar-refractivity contribution in [2.24, 2.45) is 0 Å². The molecule has 0 saturated heterocycles. The van der Waals surface area contributed by atoms with E-state index in [0.717, 1.165) is 6.42 Å². The second-order valence-corrected chi connectivity index (χ2v) is 1.75. The van der Waals surface area contributed by atoms with Crippen LogP contribution in [0.3, 0.4) is 0 Å². The highest BCUT2D eigenvalue weighted by molar-refractivity contribution is 5.10. The van der Waals surface area contributed by atoms with Gasteiger partial charge in [0.25, 0.3) is 0 Å². The van der Waals surface area contributed by atoms with Gasteiger partial charge in [-0.1, -0.05) is 43.4 Å². The molecule has 0 aromatic carbocycles. The molecule has 0 aliphatic heterocycles. The van der Waals surface area contributed by atoms with E-state index >= 15 is 0 Å². The van der Waals surface area contributed by atoms with Crippen molar-refractivity contribution in [1.29, 1.82) is 0 Å². The summed E-state index contributed by atoms with van der Waals surface area (Å²) in [6.45, 7) is 4.13. The number of hydrogen-bond acceptors (Lipinski definition) is 0. The first kappa shape index (κ1) is 8.22. The minimum Gasteiger partial charge on any atom is -0.0877 e. The molecule has 0 radical (unpaired) electrons. The molecule has 0 aromatic heterocycles. The Labute approximate surface area is 57.6 Å². The van der Waals surface area contributed by atoms with E-state index in [0.29, 0.717) is 0 Å². The summed E-state index contributed by atoms with van der Waals surface area (Å²) < 4.78 is 0. The van der Waals surface area contributed by atoms with Crippen molar-refractivity contribution in [3.8, 4) is 0 Å². The molecule has 0 N–H and O–H groups in total. The molecule has 0 rings (SSSR count). The maximum atomic E-state index is 2.12. The second-order valence-electron chi connectivity index (χ2n) is 1.75. The Hall–Kier alpha value is -0.780. The summed E-state index contributed by atoms with van der Waals surface area (Å²) in [4.78, 5) is 0. The molecular formula is C9H14. The SMILES string of the molecule is C\C=C/C=C/C=C\CC. The lowest BCUT2D eigenvalue weighted by Gasteiger charge is -1.72. The van der Waals surface area contributed by atoms with Gasteiger partial charge in [-0.05, 0) is 13.3 Å². The largest absolute Gasteiger partial charge is 0.0877 e. The summed E-state index contributed by atoms with van der Waals surface area (Å²) in [7, 11) is 0. The van der Waals surface area contributed by atoms with Crippen molar-refractivity contribution in [2.45, 2.75) is 20.3 Å². The van der Waals surface area contributed by atoms with Crippen molar-refractivity contribution in [2.75, 3.05) is 0 Å². The minimum absolute atomic E-state index is 1.11. The van der Waals surface area contributed by atoms with Crippen LogP contribution in [0, 0.1) is 0 Å². The highest BCUT2D eigenvalue weighted by Gasteiger charge is 1.60. The summed E-state index contributed by atoms with van der Waals surface area (Å²) in [6, 6.07) is 0. The number of rotatable bonds is 3. The van der Waals surface area contributed by atoms with Gasteiger partial charge in [-0.3, -0.25) is 0 Å². The maximum Gasteiger partial charge on any atom is -0.0376 e. The zero-order valence-electron chi connectivity index (χ0n) is 6.17. The van der Waals surface area contributed by atoms with Gasteiger partial charge in [0.2, 0.25) is 0 Å².